The molecule has 0 saturated carbocycles. The minimum atomic E-state index is -0.865. The number of H-pyrrole nitrogens is 2. The number of fused-ring (bicyclic) bond motifs is 3. The third-order valence-corrected chi connectivity index (χ3v) is 8.11. The van der Waals surface area contributed by atoms with Crippen molar-refractivity contribution in [1.29, 1.82) is 0 Å². The summed E-state index contributed by atoms with van der Waals surface area (Å²) in [6.07, 6.45) is 3.18. The van der Waals surface area contributed by atoms with Crippen LogP contribution in [0.5, 0.6) is 0 Å². The number of nitrogens with one attached hydrogen (secondary N) is 6. The van der Waals surface area contributed by atoms with E-state index in [9.17, 15) is 19.2 Å². The van der Waals surface area contributed by atoms with Crippen molar-refractivity contribution < 1.29 is 19.2 Å². The molecule has 0 fully saturated rings. The van der Waals surface area contributed by atoms with Crippen LogP contribution in [0.2, 0.25) is 0 Å². The van der Waals surface area contributed by atoms with E-state index in [1.54, 1.807) is 24.3 Å². The highest BCUT2D eigenvalue weighted by Gasteiger charge is 2.25. The SMILES string of the molecule is O=C1CN(C(=O)c2cc(-c3ccccc3)n[nH]2)CCCCNC(=O)[C@H](Cc2c[nH]c3ccccc23)NC(=O)c2cccc(n2)NCCN1. The van der Waals surface area contributed by atoms with Crippen molar-refractivity contribution in [3.05, 3.63) is 102 Å². The molecular formula is C35H37N9O4. The van der Waals surface area contributed by atoms with Gasteiger partial charge in [-0.1, -0.05) is 54.6 Å². The molecule has 0 aliphatic carbocycles. The second-order valence-electron chi connectivity index (χ2n) is 11.5. The maximum atomic E-state index is 13.6. The molecule has 6 rings (SSSR count). The van der Waals surface area contributed by atoms with E-state index in [4.69, 9.17) is 0 Å². The first-order valence-corrected chi connectivity index (χ1v) is 16.0. The van der Waals surface area contributed by atoms with Crippen molar-refractivity contribution in [1.82, 2.24) is 41.0 Å². The molecule has 0 radical (unpaired) electrons. The number of hydrogen-bond donors (Lipinski definition) is 6. The topological polar surface area (TPSA) is 177 Å². The average molecular weight is 648 g/mol. The van der Waals surface area contributed by atoms with Crippen LogP contribution in [-0.2, 0) is 16.0 Å². The van der Waals surface area contributed by atoms with Gasteiger partial charge in [0.15, 0.2) is 0 Å². The number of hydrogen-bond acceptors (Lipinski definition) is 7. The Kier molecular flexibility index (Phi) is 10.0. The van der Waals surface area contributed by atoms with Gasteiger partial charge >= 0.3 is 0 Å². The fourth-order valence-electron chi connectivity index (χ4n) is 5.62. The van der Waals surface area contributed by atoms with Crippen molar-refractivity contribution in [2.45, 2.75) is 25.3 Å². The molecular weight excluding hydrogens is 610 g/mol. The number of rotatable bonds is 4. The third kappa shape index (κ3) is 7.86. The lowest BCUT2D eigenvalue weighted by Gasteiger charge is -2.22. The Morgan fingerprint density at radius 3 is 2.52 bits per heavy atom. The summed E-state index contributed by atoms with van der Waals surface area (Å²) in [7, 11) is 0. The van der Waals surface area contributed by atoms with Crippen LogP contribution in [0.4, 0.5) is 5.82 Å². The Morgan fingerprint density at radius 1 is 0.833 bits per heavy atom. The normalized spacial score (nSPS) is 16.9. The molecule has 2 aromatic carbocycles. The molecule has 6 N–H and O–H groups in total. The Labute approximate surface area is 276 Å². The van der Waals surface area contributed by atoms with Crippen LogP contribution in [0.25, 0.3) is 22.2 Å². The van der Waals surface area contributed by atoms with Gasteiger partial charge in [-0.05, 0) is 42.7 Å². The van der Waals surface area contributed by atoms with Crippen LogP contribution >= 0.6 is 0 Å². The number of nitrogens with zero attached hydrogens (tertiary/aromatic N) is 3. The molecule has 13 nitrogen and oxygen atoms in total. The van der Waals surface area contributed by atoms with Gasteiger partial charge in [0.2, 0.25) is 11.8 Å². The maximum Gasteiger partial charge on any atom is 0.272 e. The molecule has 4 heterocycles. The van der Waals surface area contributed by atoms with Gasteiger partial charge in [0.1, 0.15) is 23.2 Å². The Morgan fingerprint density at radius 2 is 1.65 bits per heavy atom. The molecule has 0 saturated heterocycles. The number of carbonyl (C=O) groups excluding carboxylic acids is 4. The number of pyridine rings is 1. The third-order valence-electron chi connectivity index (χ3n) is 8.11. The molecule has 1 atom stereocenters. The summed E-state index contributed by atoms with van der Waals surface area (Å²) in [6, 6.07) is 23.1. The molecule has 2 bridgehead atoms. The summed E-state index contributed by atoms with van der Waals surface area (Å²) in [5.41, 5.74) is 3.76. The predicted octanol–water partition coefficient (Wildman–Crippen LogP) is 2.87. The maximum absolute atomic E-state index is 13.6. The summed E-state index contributed by atoms with van der Waals surface area (Å²) >= 11 is 0. The smallest absolute Gasteiger partial charge is 0.272 e. The predicted molar refractivity (Wildman–Crippen MR) is 181 cm³/mol. The molecule has 4 amide bonds. The van der Waals surface area contributed by atoms with Crippen LogP contribution < -0.4 is 21.3 Å². The van der Waals surface area contributed by atoms with E-state index in [-0.39, 0.29) is 55.2 Å². The van der Waals surface area contributed by atoms with Crippen molar-refractivity contribution in [2.24, 2.45) is 0 Å². The van der Waals surface area contributed by atoms with Gasteiger partial charge in [-0.15, -0.1) is 0 Å². The molecule has 0 spiro atoms. The molecule has 246 valence electrons. The minimum absolute atomic E-state index is 0.149. The summed E-state index contributed by atoms with van der Waals surface area (Å²) in [6.45, 7) is 1.05. The molecule has 1 aliphatic heterocycles. The van der Waals surface area contributed by atoms with Crippen LogP contribution in [0.15, 0.2) is 85.1 Å². The van der Waals surface area contributed by atoms with E-state index in [2.05, 4.69) is 41.4 Å². The molecule has 13 heteroatoms. The number of para-hydroxylation sites is 1. The standard InChI is InChI=1S/C35H37N9O4/c45-32-22-44(35(48)30-20-28(42-43-30)23-9-2-1-3-10-23)18-7-6-15-38-33(46)29(19-24-21-39-26-12-5-4-11-25(24)26)41-34(47)27-13-8-14-31(40-27)36-16-17-37-32/h1-5,8-14,20-21,29,39H,6-7,15-19,22H2,(H,36,40)(H,37,45)(H,38,46)(H,41,47)(H,42,43)/t29-/m0/s1. The van der Waals surface area contributed by atoms with Crippen molar-refractivity contribution in [3.8, 4) is 11.3 Å². The number of benzene rings is 2. The van der Waals surface area contributed by atoms with E-state index in [0.717, 1.165) is 22.0 Å². The van der Waals surface area contributed by atoms with Crippen LogP contribution in [-0.4, -0.2) is 87.5 Å². The lowest BCUT2D eigenvalue weighted by atomic mass is 10.0. The Bertz CT molecular complexity index is 1900. The molecule has 48 heavy (non-hydrogen) atoms. The highest BCUT2D eigenvalue weighted by atomic mass is 16.2. The Hall–Kier alpha value is -5.98. The fraction of sp³-hybridized carbons (Fsp3) is 0.257. The van der Waals surface area contributed by atoms with Gasteiger partial charge in [-0.3, -0.25) is 24.3 Å². The van der Waals surface area contributed by atoms with Crippen molar-refractivity contribution in [3.63, 3.8) is 0 Å². The monoisotopic (exact) mass is 647 g/mol. The lowest BCUT2D eigenvalue weighted by molar-refractivity contribution is -0.123. The van der Waals surface area contributed by atoms with Gasteiger partial charge < -0.3 is 31.2 Å². The summed E-state index contributed by atoms with van der Waals surface area (Å²) in [5.74, 6) is -1.04. The Balaban J connectivity index is 1.18. The molecule has 0 unspecified atom stereocenters. The number of carbonyl (C=O) groups is 4. The number of anilines is 1. The van der Waals surface area contributed by atoms with Gasteiger partial charge in [0.25, 0.3) is 11.8 Å². The second kappa shape index (κ2) is 15.1. The first-order valence-electron chi connectivity index (χ1n) is 16.0. The first kappa shape index (κ1) is 32.0. The first-order chi connectivity index (χ1) is 23.4. The van der Waals surface area contributed by atoms with E-state index in [0.29, 0.717) is 37.4 Å². The minimum Gasteiger partial charge on any atom is -0.368 e. The van der Waals surface area contributed by atoms with Gasteiger partial charge in [-0.25, -0.2) is 4.98 Å². The quantitative estimate of drug-likeness (QED) is 0.174. The summed E-state index contributed by atoms with van der Waals surface area (Å²) < 4.78 is 0. The number of amides is 4. The average Bonchev–Trinajstić information content (AvgIpc) is 3.77. The molecule has 3 aromatic heterocycles. The van der Waals surface area contributed by atoms with Crippen LogP contribution in [0.3, 0.4) is 0 Å². The second-order valence-corrected chi connectivity index (χ2v) is 11.5. The zero-order chi connectivity index (χ0) is 33.3. The number of aromatic nitrogens is 4. The highest BCUT2D eigenvalue weighted by Crippen LogP contribution is 2.20. The van der Waals surface area contributed by atoms with E-state index in [1.165, 1.54) is 4.90 Å². The van der Waals surface area contributed by atoms with Crippen LogP contribution in [0, 0.1) is 0 Å². The van der Waals surface area contributed by atoms with Crippen molar-refractivity contribution in [2.75, 3.05) is 38.0 Å². The zero-order valence-electron chi connectivity index (χ0n) is 26.3. The van der Waals surface area contributed by atoms with Gasteiger partial charge in [-0.2, -0.15) is 5.10 Å². The largest absolute Gasteiger partial charge is 0.368 e. The molecule has 1 aliphatic rings. The highest BCUT2D eigenvalue weighted by molar-refractivity contribution is 5.97. The van der Waals surface area contributed by atoms with Gasteiger partial charge in [0, 0.05) is 55.3 Å². The zero-order valence-corrected chi connectivity index (χ0v) is 26.3. The number of aromatic amines is 2. The van der Waals surface area contributed by atoms with Crippen molar-refractivity contribution >= 4 is 40.3 Å². The van der Waals surface area contributed by atoms with E-state index in [1.807, 2.05) is 60.8 Å². The summed E-state index contributed by atoms with van der Waals surface area (Å²) in [4.78, 5) is 62.4. The van der Waals surface area contributed by atoms with E-state index < -0.39 is 11.9 Å². The van der Waals surface area contributed by atoms with Gasteiger partial charge in [0.05, 0.1) is 12.2 Å². The fourth-order valence-corrected chi connectivity index (χ4v) is 5.62. The van der Waals surface area contributed by atoms with E-state index >= 15 is 0 Å². The van der Waals surface area contributed by atoms with Crippen LogP contribution in [0.1, 0.15) is 39.4 Å². The summed E-state index contributed by atoms with van der Waals surface area (Å²) in [5, 5.41) is 19.9. The lowest BCUT2D eigenvalue weighted by Crippen LogP contribution is -2.48. The molecule has 5 aromatic rings.